The number of hydrogen-bond acceptors (Lipinski definition) is 4. The first-order valence-corrected chi connectivity index (χ1v) is 7.46. The van der Waals surface area contributed by atoms with Gasteiger partial charge in [0.1, 0.15) is 17.1 Å². The lowest BCUT2D eigenvalue weighted by Crippen LogP contribution is -2.70. The summed E-state index contributed by atoms with van der Waals surface area (Å²) in [5.41, 5.74) is 0.849. The van der Waals surface area contributed by atoms with Crippen LogP contribution in [0.4, 0.5) is 4.79 Å². The molecule has 0 aromatic rings. The number of thioether (sulfide) groups is 1. The fourth-order valence-electron chi connectivity index (χ4n) is 2.08. The van der Waals surface area contributed by atoms with Crippen molar-refractivity contribution in [3.05, 3.63) is 11.3 Å². The van der Waals surface area contributed by atoms with Gasteiger partial charge >= 0.3 is 5.97 Å². The molecule has 2 heterocycles. The molecule has 2 aliphatic rings. The number of nitrogens with zero attached hydrogens (tertiary/aromatic N) is 1. The maximum Gasteiger partial charge on any atom is 0.352 e. The van der Waals surface area contributed by atoms with E-state index >= 15 is 0 Å². The number of amides is 2. The summed E-state index contributed by atoms with van der Waals surface area (Å²) in [7, 11) is 0. The van der Waals surface area contributed by atoms with Gasteiger partial charge in [0.2, 0.25) is 0 Å². The van der Waals surface area contributed by atoms with Gasteiger partial charge < -0.3 is 10.4 Å². The van der Waals surface area contributed by atoms with Crippen molar-refractivity contribution in [2.75, 3.05) is 5.75 Å². The highest BCUT2D eigenvalue weighted by atomic mass is 127. The fourth-order valence-corrected chi connectivity index (χ4v) is 3.86. The first-order valence-electron chi connectivity index (χ1n) is 5.33. The Morgan fingerprint density at radius 3 is 2.78 bits per heavy atom. The van der Waals surface area contributed by atoms with Crippen LogP contribution in [-0.4, -0.2) is 43.0 Å². The molecule has 6 nitrogen and oxygen atoms in total. The van der Waals surface area contributed by atoms with Crippen LogP contribution in [0.3, 0.4) is 0 Å². The van der Waals surface area contributed by atoms with E-state index in [-0.39, 0.29) is 20.9 Å². The van der Waals surface area contributed by atoms with Crippen LogP contribution >= 0.6 is 34.4 Å². The molecule has 1 fully saturated rings. The van der Waals surface area contributed by atoms with Gasteiger partial charge in [-0.1, -0.05) is 6.92 Å². The molecule has 2 rings (SSSR count). The minimum atomic E-state index is -1.08. The van der Waals surface area contributed by atoms with Crippen LogP contribution < -0.4 is 5.32 Å². The number of nitrogens with one attached hydrogen (secondary N) is 1. The zero-order valence-electron chi connectivity index (χ0n) is 9.47. The molecule has 0 aromatic heterocycles. The van der Waals surface area contributed by atoms with Gasteiger partial charge in [-0.2, -0.15) is 0 Å². The Bertz CT molecular complexity index is 465. The number of carboxylic acids is 1. The van der Waals surface area contributed by atoms with Gasteiger partial charge in [0.15, 0.2) is 0 Å². The van der Waals surface area contributed by atoms with Gasteiger partial charge in [-0.05, 0) is 12.0 Å². The maximum atomic E-state index is 11.9. The van der Waals surface area contributed by atoms with Crippen molar-refractivity contribution in [1.29, 1.82) is 0 Å². The number of carboxylic acid groups (broad SMARTS) is 1. The van der Waals surface area contributed by atoms with Gasteiger partial charge in [-0.15, -0.1) is 11.8 Å². The second kappa shape index (κ2) is 5.08. The molecule has 2 N–H and O–H groups in total. The normalized spacial score (nSPS) is 26.6. The van der Waals surface area contributed by atoms with E-state index in [0.717, 1.165) is 5.57 Å². The van der Waals surface area contributed by atoms with E-state index in [0.29, 0.717) is 12.2 Å². The number of fused-ring (bicyclic) bond motifs is 1. The summed E-state index contributed by atoms with van der Waals surface area (Å²) >= 11 is 3.05. The molecular formula is C10H11IN2O4S. The predicted molar refractivity (Wildman–Crippen MR) is 74.4 cm³/mol. The van der Waals surface area contributed by atoms with E-state index in [1.54, 1.807) is 22.6 Å². The molecule has 0 spiro atoms. The molecule has 0 radical (unpaired) electrons. The first kappa shape index (κ1) is 13.7. The quantitative estimate of drug-likeness (QED) is 0.331. The van der Waals surface area contributed by atoms with Gasteiger partial charge in [-0.3, -0.25) is 14.5 Å². The lowest BCUT2D eigenvalue weighted by Gasteiger charge is -2.49. The van der Waals surface area contributed by atoms with Crippen molar-refractivity contribution >= 4 is 50.1 Å². The lowest BCUT2D eigenvalue weighted by molar-refractivity contribution is -0.148. The van der Waals surface area contributed by atoms with E-state index in [4.69, 9.17) is 0 Å². The zero-order chi connectivity index (χ0) is 13.4. The smallest absolute Gasteiger partial charge is 0.352 e. The Morgan fingerprint density at radius 2 is 2.28 bits per heavy atom. The molecule has 2 aliphatic heterocycles. The van der Waals surface area contributed by atoms with Crippen LogP contribution in [0.15, 0.2) is 11.3 Å². The highest BCUT2D eigenvalue weighted by Crippen LogP contribution is 2.41. The van der Waals surface area contributed by atoms with Gasteiger partial charge in [-0.25, -0.2) is 4.79 Å². The molecule has 2 amide bonds. The van der Waals surface area contributed by atoms with Crippen molar-refractivity contribution in [3.8, 4) is 0 Å². The van der Waals surface area contributed by atoms with Crippen molar-refractivity contribution < 1.29 is 19.5 Å². The van der Waals surface area contributed by atoms with E-state index in [9.17, 15) is 19.5 Å². The van der Waals surface area contributed by atoms with E-state index < -0.39 is 12.0 Å². The van der Waals surface area contributed by atoms with Gasteiger partial charge in [0.25, 0.3) is 9.82 Å². The van der Waals surface area contributed by atoms with Crippen molar-refractivity contribution in [2.24, 2.45) is 0 Å². The minimum Gasteiger partial charge on any atom is -0.477 e. The topological polar surface area (TPSA) is 86.7 Å². The summed E-state index contributed by atoms with van der Waals surface area (Å²) < 4.78 is -0.312. The number of carbonyl (C=O) groups excluding carboxylic acids is 2. The summed E-state index contributed by atoms with van der Waals surface area (Å²) in [6.45, 7) is 1.87. The van der Waals surface area contributed by atoms with Crippen molar-refractivity contribution in [3.63, 3.8) is 0 Å². The molecule has 0 bridgehead atoms. The fraction of sp³-hybridized carbons (Fsp3) is 0.500. The molecule has 98 valence electrons. The zero-order valence-corrected chi connectivity index (χ0v) is 12.4. The van der Waals surface area contributed by atoms with Crippen molar-refractivity contribution in [2.45, 2.75) is 24.8 Å². The molecule has 2 unspecified atom stereocenters. The Hall–Kier alpha value is -0.770. The van der Waals surface area contributed by atoms with Crippen LogP contribution in [0, 0.1) is 0 Å². The number of β-lactam (4-membered cyclic amide) rings is 1. The highest BCUT2D eigenvalue weighted by molar-refractivity contribution is 14.1. The summed E-state index contributed by atoms with van der Waals surface area (Å²) in [6.07, 6.45) is 0.606. The summed E-state index contributed by atoms with van der Waals surface area (Å²) in [5.74, 6) is -0.842. The third-order valence-electron chi connectivity index (χ3n) is 2.95. The molecule has 2 atom stereocenters. The summed E-state index contributed by atoms with van der Waals surface area (Å²) in [6, 6.07) is -0.604. The van der Waals surface area contributed by atoms with Crippen LogP contribution in [0.5, 0.6) is 0 Å². The van der Waals surface area contributed by atoms with Crippen LogP contribution in [0.1, 0.15) is 13.3 Å². The maximum absolute atomic E-state index is 11.9. The molecule has 0 aromatic carbocycles. The largest absolute Gasteiger partial charge is 0.477 e. The van der Waals surface area contributed by atoms with E-state index in [1.807, 2.05) is 6.92 Å². The Balaban J connectivity index is 2.26. The number of rotatable bonds is 3. The van der Waals surface area contributed by atoms with Gasteiger partial charge in [0.05, 0.1) is 0 Å². The monoisotopic (exact) mass is 382 g/mol. The number of hydrogen-bond donors (Lipinski definition) is 2. The second-order valence-corrected chi connectivity index (χ2v) is 6.00. The van der Waals surface area contributed by atoms with Crippen molar-refractivity contribution in [1.82, 2.24) is 10.2 Å². The van der Waals surface area contributed by atoms with Crippen LogP contribution in [0.25, 0.3) is 0 Å². The third-order valence-corrected chi connectivity index (χ3v) is 4.60. The summed E-state index contributed by atoms with van der Waals surface area (Å²) in [5, 5.41) is 11.4. The molecule has 0 aliphatic carbocycles. The average Bonchev–Trinajstić information content (AvgIpc) is 2.33. The molecule has 8 heteroatoms. The molecule has 0 saturated carbocycles. The number of aliphatic carboxylic acids is 1. The predicted octanol–water partition coefficient (Wildman–Crippen LogP) is 1.16. The Morgan fingerprint density at radius 1 is 1.61 bits per heavy atom. The molecular weight excluding hydrogens is 371 g/mol. The van der Waals surface area contributed by atoms with Crippen LogP contribution in [0.2, 0.25) is 0 Å². The Labute approximate surface area is 121 Å². The summed E-state index contributed by atoms with van der Waals surface area (Å²) in [4.78, 5) is 35.4. The average molecular weight is 382 g/mol. The molecule has 18 heavy (non-hydrogen) atoms. The first-order chi connectivity index (χ1) is 8.47. The second-order valence-electron chi connectivity index (χ2n) is 3.92. The third kappa shape index (κ3) is 2.11. The molecule has 1 saturated heterocycles. The minimum absolute atomic E-state index is 0.0882. The Kier molecular flexibility index (Phi) is 3.85. The number of carbonyl (C=O) groups is 3. The van der Waals surface area contributed by atoms with E-state index in [1.165, 1.54) is 16.7 Å². The highest BCUT2D eigenvalue weighted by Gasteiger charge is 2.53. The lowest BCUT2D eigenvalue weighted by atomic mass is 10.0. The van der Waals surface area contributed by atoms with Gasteiger partial charge in [0, 0.05) is 28.3 Å². The van der Waals surface area contributed by atoms with Crippen LogP contribution in [-0.2, 0) is 9.59 Å². The number of halogens is 1. The van der Waals surface area contributed by atoms with E-state index in [2.05, 4.69) is 5.32 Å². The standard InChI is InChI=1S/C10H11IN2O4S/c1-2-4-3-18-8-5(12-10(11)17)7(14)13(8)6(4)9(15)16/h5,8H,2-3H2,1H3,(H,12,17)(H,15,16). The SMILES string of the molecule is CCC1=C(C(=O)O)N2C(=O)C(NC(=O)I)C2SC1.